The van der Waals surface area contributed by atoms with E-state index in [1.165, 1.54) is 6.20 Å². The van der Waals surface area contributed by atoms with E-state index in [9.17, 15) is 4.79 Å². The number of nitrogens with zero attached hydrogens (tertiary/aromatic N) is 1. The quantitative estimate of drug-likeness (QED) is 0.852. The van der Waals surface area contributed by atoms with Crippen LogP contribution in [0.3, 0.4) is 0 Å². The summed E-state index contributed by atoms with van der Waals surface area (Å²) in [6.45, 7) is 5.47. The molecule has 0 saturated carbocycles. The van der Waals surface area contributed by atoms with Gasteiger partial charge in [0.1, 0.15) is 0 Å². The Morgan fingerprint density at radius 2 is 1.95 bits per heavy atom. The summed E-state index contributed by atoms with van der Waals surface area (Å²) in [6, 6.07) is 11.0. The number of hydrogen-bond acceptors (Lipinski definition) is 4. The molecule has 1 aromatic heterocycles. The summed E-state index contributed by atoms with van der Waals surface area (Å²) in [6.07, 6.45) is 1.51. The number of nitrogens with one attached hydrogen (secondary N) is 1. The van der Waals surface area contributed by atoms with E-state index in [0.717, 1.165) is 11.3 Å². The second-order valence-corrected chi connectivity index (χ2v) is 4.57. The van der Waals surface area contributed by atoms with Crippen molar-refractivity contribution < 1.29 is 14.3 Å². The zero-order chi connectivity index (χ0) is 15.8. The first-order valence-corrected chi connectivity index (χ1v) is 7.30. The SMILES string of the molecule is CCOCc1ccccc1NC(=O)c1ccc(OCC)nc1. The van der Waals surface area contributed by atoms with Crippen molar-refractivity contribution in [3.8, 4) is 5.88 Å². The molecule has 0 unspecified atom stereocenters. The van der Waals surface area contributed by atoms with E-state index in [-0.39, 0.29) is 5.91 Å². The number of amides is 1. The number of pyridine rings is 1. The number of para-hydroxylation sites is 1. The van der Waals surface area contributed by atoms with Crippen molar-refractivity contribution in [3.05, 3.63) is 53.7 Å². The maximum absolute atomic E-state index is 12.3. The van der Waals surface area contributed by atoms with Gasteiger partial charge in [0.15, 0.2) is 0 Å². The van der Waals surface area contributed by atoms with Crippen LogP contribution in [0, 0.1) is 0 Å². The highest BCUT2D eigenvalue weighted by Crippen LogP contribution is 2.17. The van der Waals surface area contributed by atoms with Crippen LogP contribution in [0.15, 0.2) is 42.6 Å². The molecular formula is C17H20N2O3. The van der Waals surface area contributed by atoms with Crippen LogP contribution in [0.2, 0.25) is 0 Å². The molecule has 0 saturated heterocycles. The molecule has 5 heteroatoms. The standard InChI is InChI=1S/C17H20N2O3/c1-3-21-12-14-7-5-6-8-15(14)19-17(20)13-9-10-16(18-11-13)22-4-2/h5-11H,3-4,12H2,1-2H3,(H,19,20). The lowest BCUT2D eigenvalue weighted by Gasteiger charge is -2.11. The van der Waals surface area contributed by atoms with Crippen molar-refractivity contribution >= 4 is 11.6 Å². The number of hydrogen-bond donors (Lipinski definition) is 1. The molecule has 2 rings (SSSR count). The normalized spacial score (nSPS) is 10.3. The van der Waals surface area contributed by atoms with Gasteiger partial charge < -0.3 is 14.8 Å². The van der Waals surface area contributed by atoms with Crippen LogP contribution in [0.1, 0.15) is 29.8 Å². The summed E-state index contributed by atoms with van der Waals surface area (Å²) >= 11 is 0. The number of carbonyl (C=O) groups is 1. The lowest BCUT2D eigenvalue weighted by Crippen LogP contribution is -2.14. The number of rotatable bonds is 7. The van der Waals surface area contributed by atoms with Crippen LogP contribution < -0.4 is 10.1 Å². The topological polar surface area (TPSA) is 60.5 Å². The smallest absolute Gasteiger partial charge is 0.257 e. The minimum absolute atomic E-state index is 0.209. The van der Waals surface area contributed by atoms with Crippen LogP contribution >= 0.6 is 0 Å². The third kappa shape index (κ3) is 4.30. The van der Waals surface area contributed by atoms with Gasteiger partial charge in [-0.05, 0) is 26.0 Å². The first-order chi connectivity index (χ1) is 10.7. The second kappa shape index (κ2) is 8.14. The second-order valence-electron chi connectivity index (χ2n) is 4.57. The molecule has 0 aliphatic carbocycles. The van der Waals surface area contributed by atoms with Gasteiger partial charge in [-0.25, -0.2) is 4.98 Å². The monoisotopic (exact) mass is 300 g/mol. The molecule has 0 aliphatic heterocycles. The molecule has 2 aromatic rings. The number of benzene rings is 1. The van der Waals surface area contributed by atoms with E-state index in [4.69, 9.17) is 9.47 Å². The molecule has 0 radical (unpaired) electrons. The number of carbonyl (C=O) groups excluding carboxylic acids is 1. The molecule has 116 valence electrons. The van der Waals surface area contributed by atoms with Crippen molar-refractivity contribution in [2.75, 3.05) is 18.5 Å². The van der Waals surface area contributed by atoms with Gasteiger partial charge in [-0.2, -0.15) is 0 Å². The van der Waals surface area contributed by atoms with Crippen LogP contribution in [0.4, 0.5) is 5.69 Å². The highest BCUT2D eigenvalue weighted by Gasteiger charge is 2.09. The highest BCUT2D eigenvalue weighted by atomic mass is 16.5. The summed E-state index contributed by atoms with van der Waals surface area (Å²) in [4.78, 5) is 16.4. The lowest BCUT2D eigenvalue weighted by atomic mass is 10.1. The van der Waals surface area contributed by atoms with Gasteiger partial charge in [0.25, 0.3) is 5.91 Å². The Labute approximate surface area is 130 Å². The molecule has 1 aromatic carbocycles. The van der Waals surface area contributed by atoms with Crippen molar-refractivity contribution in [2.24, 2.45) is 0 Å². The largest absolute Gasteiger partial charge is 0.478 e. The molecule has 0 atom stereocenters. The van der Waals surface area contributed by atoms with Crippen LogP contribution in [-0.2, 0) is 11.3 Å². The third-order valence-electron chi connectivity index (χ3n) is 3.02. The van der Waals surface area contributed by atoms with E-state index in [0.29, 0.717) is 31.3 Å². The van der Waals surface area contributed by atoms with Gasteiger partial charge in [-0.15, -0.1) is 0 Å². The fourth-order valence-corrected chi connectivity index (χ4v) is 1.92. The molecule has 0 aliphatic rings. The van der Waals surface area contributed by atoms with Crippen LogP contribution in [0.5, 0.6) is 5.88 Å². The predicted molar refractivity (Wildman–Crippen MR) is 85.1 cm³/mol. The highest BCUT2D eigenvalue weighted by molar-refractivity contribution is 6.04. The zero-order valence-electron chi connectivity index (χ0n) is 12.8. The molecule has 0 fully saturated rings. The van der Waals surface area contributed by atoms with Gasteiger partial charge in [0.2, 0.25) is 5.88 Å². The minimum atomic E-state index is -0.209. The Kier molecular flexibility index (Phi) is 5.91. The van der Waals surface area contributed by atoms with Crippen molar-refractivity contribution in [1.82, 2.24) is 4.98 Å². The fraction of sp³-hybridized carbons (Fsp3) is 0.294. The van der Waals surface area contributed by atoms with E-state index >= 15 is 0 Å². The number of ether oxygens (including phenoxy) is 2. The Balaban J connectivity index is 2.08. The van der Waals surface area contributed by atoms with Crippen molar-refractivity contribution in [1.29, 1.82) is 0 Å². The van der Waals surface area contributed by atoms with Crippen molar-refractivity contribution in [3.63, 3.8) is 0 Å². The molecule has 0 bridgehead atoms. The Hall–Kier alpha value is -2.40. The Morgan fingerprint density at radius 1 is 1.14 bits per heavy atom. The van der Waals surface area contributed by atoms with E-state index in [1.54, 1.807) is 12.1 Å². The van der Waals surface area contributed by atoms with Gasteiger partial charge in [-0.1, -0.05) is 18.2 Å². The van der Waals surface area contributed by atoms with Gasteiger partial charge in [0.05, 0.1) is 18.8 Å². The number of anilines is 1. The lowest BCUT2D eigenvalue weighted by molar-refractivity contribution is 0.102. The summed E-state index contributed by atoms with van der Waals surface area (Å²) in [7, 11) is 0. The summed E-state index contributed by atoms with van der Waals surface area (Å²) in [5, 5.41) is 2.89. The van der Waals surface area contributed by atoms with Gasteiger partial charge in [0, 0.05) is 30.1 Å². The maximum Gasteiger partial charge on any atom is 0.257 e. The number of aromatic nitrogens is 1. The van der Waals surface area contributed by atoms with Crippen molar-refractivity contribution in [2.45, 2.75) is 20.5 Å². The molecule has 1 heterocycles. The van der Waals surface area contributed by atoms with Gasteiger partial charge in [-0.3, -0.25) is 4.79 Å². The Bertz CT molecular complexity index is 612. The van der Waals surface area contributed by atoms with E-state index < -0.39 is 0 Å². The molecule has 22 heavy (non-hydrogen) atoms. The third-order valence-corrected chi connectivity index (χ3v) is 3.02. The average Bonchev–Trinajstić information content (AvgIpc) is 2.55. The molecule has 5 nitrogen and oxygen atoms in total. The van der Waals surface area contributed by atoms with Crippen LogP contribution in [0.25, 0.3) is 0 Å². The fourth-order valence-electron chi connectivity index (χ4n) is 1.92. The first-order valence-electron chi connectivity index (χ1n) is 7.30. The van der Waals surface area contributed by atoms with Gasteiger partial charge >= 0.3 is 0 Å². The Morgan fingerprint density at radius 3 is 2.64 bits per heavy atom. The minimum Gasteiger partial charge on any atom is -0.478 e. The predicted octanol–water partition coefficient (Wildman–Crippen LogP) is 3.27. The molecular weight excluding hydrogens is 280 g/mol. The van der Waals surface area contributed by atoms with Crippen LogP contribution in [-0.4, -0.2) is 24.1 Å². The molecule has 0 spiro atoms. The summed E-state index contributed by atoms with van der Waals surface area (Å²) < 4.78 is 10.7. The molecule has 1 amide bonds. The van der Waals surface area contributed by atoms with E-state index in [2.05, 4.69) is 10.3 Å². The summed E-state index contributed by atoms with van der Waals surface area (Å²) in [5.41, 5.74) is 2.17. The maximum atomic E-state index is 12.3. The zero-order valence-corrected chi connectivity index (χ0v) is 12.8. The molecule has 1 N–H and O–H groups in total. The summed E-state index contributed by atoms with van der Waals surface area (Å²) in [5.74, 6) is 0.301. The average molecular weight is 300 g/mol. The van der Waals surface area contributed by atoms with E-state index in [1.807, 2.05) is 38.1 Å². The first kappa shape index (κ1) is 16.0.